The largest absolute Gasteiger partial charge is 0.491 e. The number of carbonyl (C=O) groups excluding carboxylic acids is 2. The highest BCUT2D eigenvalue weighted by Gasteiger charge is 2.36. The summed E-state index contributed by atoms with van der Waals surface area (Å²) in [5.74, 6) is -0.175. The number of benzene rings is 2. The van der Waals surface area contributed by atoms with Gasteiger partial charge in [0, 0.05) is 49.4 Å². The lowest BCUT2D eigenvalue weighted by Crippen LogP contribution is -2.57. The van der Waals surface area contributed by atoms with E-state index in [1.807, 2.05) is 0 Å². The first-order valence-electron chi connectivity index (χ1n) is 14.5. The van der Waals surface area contributed by atoms with Gasteiger partial charge in [0.2, 0.25) is 15.9 Å². The van der Waals surface area contributed by atoms with Crippen molar-refractivity contribution in [1.82, 2.24) is 19.2 Å². The highest BCUT2D eigenvalue weighted by Crippen LogP contribution is 2.36. The molecule has 1 aliphatic heterocycles. The van der Waals surface area contributed by atoms with Crippen LogP contribution in [0.4, 0.5) is 21.6 Å². The lowest BCUT2D eigenvalue weighted by molar-refractivity contribution is -0.150. The van der Waals surface area contributed by atoms with Gasteiger partial charge in [-0.3, -0.25) is 14.5 Å². The fourth-order valence-electron chi connectivity index (χ4n) is 4.85. The number of hydrogen-bond donors (Lipinski definition) is 2. The van der Waals surface area contributed by atoms with Crippen LogP contribution in [0.1, 0.15) is 19.8 Å². The van der Waals surface area contributed by atoms with Crippen LogP contribution in [0.15, 0.2) is 48.8 Å². The number of amides is 1. The van der Waals surface area contributed by atoms with Gasteiger partial charge < -0.3 is 20.1 Å². The Morgan fingerprint density at radius 1 is 1.18 bits per heavy atom. The molecule has 1 aromatic heterocycles. The molecule has 1 amide bonds. The van der Waals surface area contributed by atoms with Crippen molar-refractivity contribution in [1.29, 1.82) is 0 Å². The summed E-state index contributed by atoms with van der Waals surface area (Å²) in [6, 6.07) is 6.86. The fraction of sp³-hybridized carbons (Fsp3) is 0.400. The number of fused-ring (bicyclic) bond motifs is 1. The standard InChI is InChI=1S/C30H34ClFN6O6S/c1-3-43-30(40)26-16-38(45(2,41)42)12-11-37(26)10-4-5-28(39)36-25-14-21-24(15-27(25)44-17-19-6-7-19)33-18-34-29(21)35-20-8-9-23(32)22(31)13-20/h4-5,8-9,13-15,18-19,26H,3,6-7,10-12,16-17H2,1-2H3,(H,36,39)(H,33,34,35). The zero-order valence-corrected chi connectivity index (χ0v) is 26.4. The highest BCUT2D eigenvalue weighted by molar-refractivity contribution is 7.88. The van der Waals surface area contributed by atoms with E-state index in [2.05, 4.69) is 20.6 Å². The van der Waals surface area contributed by atoms with Crippen molar-refractivity contribution in [2.75, 3.05) is 56.3 Å². The molecule has 1 atom stereocenters. The summed E-state index contributed by atoms with van der Waals surface area (Å²) < 4.78 is 50.3. The Balaban J connectivity index is 1.34. The number of aromatic nitrogens is 2. The number of anilines is 3. The minimum atomic E-state index is -3.48. The van der Waals surface area contributed by atoms with Crippen LogP contribution in [-0.2, 0) is 24.3 Å². The molecule has 1 aliphatic carbocycles. The molecule has 3 aromatic rings. The van der Waals surface area contributed by atoms with Gasteiger partial charge in [-0.15, -0.1) is 0 Å². The Kier molecular flexibility index (Phi) is 10.2. The molecule has 12 nitrogen and oxygen atoms in total. The van der Waals surface area contributed by atoms with E-state index in [-0.39, 0.29) is 31.3 Å². The Hall–Kier alpha value is -3.85. The van der Waals surface area contributed by atoms with Crippen molar-refractivity contribution in [3.05, 3.63) is 59.7 Å². The zero-order chi connectivity index (χ0) is 32.1. The molecule has 1 saturated heterocycles. The number of carbonyl (C=O) groups is 2. The van der Waals surface area contributed by atoms with E-state index in [0.717, 1.165) is 19.1 Å². The van der Waals surface area contributed by atoms with Gasteiger partial charge in [-0.2, -0.15) is 4.31 Å². The van der Waals surface area contributed by atoms with Gasteiger partial charge in [-0.05, 0) is 49.9 Å². The van der Waals surface area contributed by atoms with Crippen molar-refractivity contribution in [2.24, 2.45) is 5.92 Å². The third-order valence-electron chi connectivity index (χ3n) is 7.44. The maximum absolute atomic E-state index is 13.7. The summed E-state index contributed by atoms with van der Waals surface area (Å²) >= 11 is 5.95. The molecule has 2 fully saturated rings. The van der Waals surface area contributed by atoms with Crippen molar-refractivity contribution >= 4 is 61.6 Å². The molecule has 5 rings (SSSR count). The zero-order valence-electron chi connectivity index (χ0n) is 24.8. The first-order chi connectivity index (χ1) is 21.5. The first kappa shape index (κ1) is 32.5. The minimum absolute atomic E-state index is 0.0287. The lowest BCUT2D eigenvalue weighted by atomic mass is 10.1. The molecule has 0 spiro atoms. The summed E-state index contributed by atoms with van der Waals surface area (Å²) in [5.41, 5.74) is 1.49. The van der Waals surface area contributed by atoms with Crippen LogP contribution in [0.2, 0.25) is 5.02 Å². The number of rotatable bonds is 12. The van der Waals surface area contributed by atoms with E-state index in [0.29, 0.717) is 52.9 Å². The van der Waals surface area contributed by atoms with Crippen LogP contribution >= 0.6 is 11.6 Å². The van der Waals surface area contributed by atoms with E-state index in [9.17, 15) is 22.4 Å². The topological polar surface area (TPSA) is 143 Å². The van der Waals surface area contributed by atoms with Gasteiger partial charge in [-0.25, -0.2) is 22.8 Å². The minimum Gasteiger partial charge on any atom is -0.491 e. The molecule has 2 heterocycles. The molecule has 0 radical (unpaired) electrons. The molecule has 1 saturated carbocycles. The number of sulfonamides is 1. The smallest absolute Gasteiger partial charge is 0.324 e. The molecule has 1 unspecified atom stereocenters. The highest BCUT2D eigenvalue weighted by atomic mass is 35.5. The van der Waals surface area contributed by atoms with Crippen LogP contribution in [0.25, 0.3) is 10.9 Å². The number of halogens is 2. The van der Waals surface area contributed by atoms with Gasteiger partial charge in [0.1, 0.15) is 29.8 Å². The van der Waals surface area contributed by atoms with Crippen molar-refractivity contribution < 1.29 is 31.9 Å². The van der Waals surface area contributed by atoms with Crippen LogP contribution in [0.3, 0.4) is 0 Å². The SMILES string of the molecule is CCOC(=O)C1CN(S(C)(=O)=O)CCN1CC=CC(=O)Nc1cc2c(Nc3ccc(F)c(Cl)c3)ncnc2cc1OCC1CC1. The molecule has 2 aliphatic rings. The third kappa shape index (κ3) is 8.45. The monoisotopic (exact) mass is 660 g/mol. The number of ether oxygens (including phenoxy) is 2. The van der Waals surface area contributed by atoms with Crippen LogP contribution < -0.4 is 15.4 Å². The number of nitrogens with zero attached hydrogens (tertiary/aromatic N) is 4. The second-order valence-corrected chi connectivity index (χ2v) is 13.3. The molecule has 45 heavy (non-hydrogen) atoms. The number of nitrogens with one attached hydrogen (secondary N) is 2. The molecular weight excluding hydrogens is 627 g/mol. The second kappa shape index (κ2) is 14.1. The van der Waals surface area contributed by atoms with Gasteiger partial charge in [0.25, 0.3) is 0 Å². The van der Waals surface area contributed by atoms with Crippen LogP contribution in [0.5, 0.6) is 5.75 Å². The van der Waals surface area contributed by atoms with E-state index in [4.69, 9.17) is 21.1 Å². The number of piperazine rings is 1. The summed E-state index contributed by atoms with van der Waals surface area (Å²) in [6.45, 7) is 3.05. The Morgan fingerprint density at radius 2 is 1.98 bits per heavy atom. The first-order valence-corrected chi connectivity index (χ1v) is 16.7. The normalized spacial score (nSPS) is 17.8. The third-order valence-corrected chi connectivity index (χ3v) is 9.00. The van der Waals surface area contributed by atoms with Crippen LogP contribution in [0, 0.1) is 11.7 Å². The van der Waals surface area contributed by atoms with Crippen molar-refractivity contribution in [2.45, 2.75) is 25.8 Å². The van der Waals surface area contributed by atoms with Gasteiger partial charge >= 0.3 is 5.97 Å². The Bertz CT molecular complexity index is 1720. The van der Waals surface area contributed by atoms with Crippen molar-refractivity contribution in [3.8, 4) is 5.75 Å². The van der Waals surface area contributed by atoms with Gasteiger partial charge in [-0.1, -0.05) is 17.7 Å². The average molecular weight is 661 g/mol. The average Bonchev–Trinajstić information content (AvgIpc) is 3.83. The molecule has 0 bridgehead atoms. The summed E-state index contributed by atoms with van der Waals surface area (Å²) in [4.78, 5) is 36.2. The van der Waals surface area contributed by atoms with E-state index in [1.165, 1.54) is 34.9 Å². The summed E-state index contributed by atoms with van der Waals surface area (Å²) in [5, 5.41) is 6.54. The Labute approximate surface area is 265 Å². The number of hydrogen-bond acceptors (Lipinski definition) is 10. The summed E-state index contributed by atoms with van der Waals surface area (Å²) in [6.07, 6.45) is 7.62. The van der Waals surface area contributed by atoms with E-state index in [1.54, 1.807) is 30.0 Å². The van der Waals surface area contributed by atoms with Crippen molar-refractivity contribution in [3.63, 3.8) is 0 Å². The molecular formula is C30H34ClFN6O6S. The summed E-state index contributed by atoms with van der Waals surface area (Å²) in [7, 11) is -3.48. The second-order valence-electron chi connectivity index (χ2n) is 10.9. The molecule has 2 aromatic carbocycles. The Morgan fingerprint density at radius 3 is 2.69 bits per heavy atom. The number of esters is 1. The quantitative estimate of drug-likeness (QED) is 0.216. The lowest BCUT2D eigenvalue weighted by Gasteiger charge is -2.38. The van der Waals surface area contributed by atoms with Gasteiger partial charge in [0.05, 0.1) is 35.7 Å². The maximum Gasteiger partial charge on any atom is 0.324 e. The van der Waals surface area contributed by atoms with Crippen LogP contribution in [-0.4, -0.2) is 91.2 Å². The van der Waals surface area contributed by atoms with Gasteiger partial charge in [0.15, 0.2) is 0 Å². The van der Waals surface area contributed by atoms with E-state index >= 15 is 0 Å². The predicted octanol–water partition coefficient (Wildman–Crippen LogP) is 3.96. The predicted molar refractivity (Wildman–Crippen MR) is 169 cm³/mol. The molecule has 15 heteroatoms. The van der Waals surface area contributed by atoms with E-state index < -0.39 is 33.8 Å². The fourth-order valence-corrected chi connectivity index (χ4v) is 5.86. The molecule has 2 N–H and O–H groups in total. The molecule has 240 valence electrons. The maximum atomic E-state index is 13.7.